The molecule has 0 saturated heterocycles. The van der Waals surface area contributed by atoms with Crippen LogP contribution in [0.2, 0.25) is 19.6 Å². The van der Waals surface area contributed by atoms with Crippen molar-refractivity contribution >= 4 is 8.32 Å². The van der Waals surface area contributed by atoms with Crippen LogP contribution in [-0.4, -0.2) is 25.2 Å². The summed E-state index contributed by atoms with van der Waals surface area (Å²) in [6.45, 7) is 11.4. The van der Waals surface area contributed by atoms with Gasteiger partial charge in [0.2, 0.25) is 0 Å². The summed E-state index contributed by atoms with van der Waals surface area (Å²) in [5.74, 6) is 0. The summed E-state index contributed by atoms with van der Waals surface area (Å²) >= 11 is -3.94. The van der Waals surface area contributed by atoms with Gasteiger partial charge in [-0.3, -0.25) is 0 Å². The molecule has 0 aliphatic heterocycles. The second kappa shape index (κ2) is 8.80. The number of hydrogen-bond acceptors (Lipinski definition) is 4. The van der Waals surface area contributed by atoms with Crippen LogP contribution in [0, 0.1) is 0 Å². The molecule has 4 nitrogen and oxygen atoms in total. The zero-order chi connectivity index (χ0) is 13.4. The van der Waals surface area contributed by atoms with Crippen LogP contribution in [0.15, 0.2) is 0 Å². The van der Waals surface area contributed by atoms with Crippen molar-refractivity contribution < 1.29 is 31.5 Å². The van der Waals surface area contributed by atoms with Gasteiger partial charge in [-0.05, 0) is 0 Å². The van der Waals surface area contributed by atoms with Gasteiger partial charge in [0.05, 0.1) is 0 Å². The van der Waals surface area contributed by atoms with E-state index in [0.29, 0.717) is 13.2 Å². The van der Waals surface area contributed by atoms with E-state index in [9.17, 15) is 3.69 Å². The molecule has 0 aromatic carbocycles. The molecule has 17 heavy (non-hydrogen) atoms. The molecule has 0 aliphatic carbocycles. The van der Waals surface area contributed by atoms with Gasteiger partial charge in [-0.25, -0.2) is 0 Å². The molecule has 0 rings (SSSR count). The van der Waals surface area contributed by atoms with Gasteiger partial charge in [-0.15, -0.1) is 0 Å². The van der Waals surface area contributed by atoms with Crippen LogP contribution in [0.4, 0.5) is 0 Å². The van der Waals surface area contributed by atoms with Crippen molar-refractivity contribution in [3.63, 3.8) is 0 Å². The van der Waals surface area contributed by atoms with Crippen LogP contribution < -0.4 is 0 Å². The van der Waals surface area contributed by atoms with Crippen LogP contribution >= 0.6 is 0 Å². The maximum absolute atomic E-state index is 10.4. The van der Waals surface area contributed by atoms with Crippen LogP contribution in [0.3, 0.4) is 0 Å². The molecule has 0 spiro atoms. The summed E-state index contributed by atoms with van der Waals surface area (Å²) in [6.07, 6.45) is 3.94. The van der Waals surface area contributed by atoms with Crippen molar-refractivity contribution in [2.75, 3.05) is 13.2 Å². The minimum absolute atomic E-state index is 0.531. The maximum atomic E-state index is 10.4. The molecule has 6 heteroatoms. The van der Waals surface area contributed by atoms with E-state index in [-0.39, 0.29) is 0 Å². The molecule has 0 aromatic rings. The van der Waals surface area contributed by atoms with Crippen molar-refractivity contribution in [1.29, 1.82) is 0 Å². The van der Waals surface area contributed by atoms with Gasteiger partial charge in [0.1, 0.15) is 0 Å². The fraction of sp³-hybridized carbons (Fsp3) is 1.00. The zero-order valence-electron chi connectivity index (χ0n) is 11.9. The van der Waals surface area contributed by atoms with Crippen LogP contribution in [-0.2, 0) is 27.8 Å². The molecule has 0 heterocycles. The molecule has 0 aromatic heterocycles. The topological polar surface area (TPSA) is 47.9 Å². The summed E-state index contributed by atoms with van der Waals surface area (Å²) in [4.78, 5) is 0. The molecular weight excluding hydrogens is 272 g/mol. The summed E-state index contributed by atoms with van der Waals surface area (Å²) in [5.41, 5.74) is 0. The van der Waals surface area contributed by atoms with E-state index in [1.54, 1.807) is 0 Å². The number of hydrogen-bond donors (Lipinski definition) is 1. The van der Waals surface area contributed by atoms with Gasteiger partial charge in [-0.1, -0.05) is 0 Å². The first-order chi connectivity index (χ1) is 7.83. The van der Waals surface area contributed by atoms with Crippen LogP contribution in [0.25, 0.3) is 0 Å². The Morgan fingerprint density at radius 2 is 1.35 bits per heavy atom. The first-order valence-electron chi connectivity index (χ1n) is 6.53. The Morgan fingerprint density at radius 3 is 1.65 bits per heavy atom. The van der Waals surface area contributed by atoms with E-state index in [2.05, 4.69) is 13.8 Å². The molecule has 0 atom stereocenters. The number of unbranched alkanes of at least 4 members (excludes halogenated alkanes) is 2. The van der Waals surface area contributed by atoms with E-state index >= 15 is 0 Å². The predicted octanol–water partition coefficient (Wildman–Crippen LogP) is 3.28. The van der Waals surface area contributed by atoms with Crippen LogP contribution in [0.5, 0.6) is 0 Å². The van der Waals surface area contributed by atoms with E-state index in [1.807, 2.05) is 19.6 Å². The second-order valence-corrected chi connectivity index (χ2v) is 13.1. The molecule has 0 unspecified atom stereocenters. The summed E-state index contributed by atoms with van der Waals surface area (Å²) in [7, 11) is -1.83. The Bertz CT molecular complexity index is 186. The zero-order valence-corrected chi connectivity index (χ0v) is 14.5. The van der Waals surface area contributed by atoms with Crippen molar-refractivity contribution in [3.05, 3.63) is 0 Å². The first-order valence-corrected chi connectivity index (χ1v) is 12.6. The standard InChI is InChI=1S/2C4H9O.C3H9OSi.H2O.Ti/c2*1-2-3-4-5;1-5(2,3)4;;/h2*2-4H2,1H3;1-3H3;1H2;/q3*-1;;+4/p-1. The molecule has 0 fully saturated rings. The van der Waals surface area contributed by atoms with E-state index in [0.717, 1.165) is 25.7 Å². The first kappa shape index (κ1) is 17.8. The Labute approximate surface area is 112 Å². The third kappa shape index (κ3) is 10.4. The van der Waals surface area contributed by atoms with Gasteiger partial charge in [0.15, 0.2) is 0 Å². The van der Waals surface area contributed by atoms with E-state index in [4.69, 9.17) is 9.64 Å². The van der Waals surface area contributed by atoms with Gasteiger partial charge in [0.25, 0.3) is 0 Å². The van der Waals surface area contributed by atoms with Crippen molar-refractivity contribution in [3.8, 4) is 0 Å². The monoisotopic (exact) mass is 300 g/mol. The van der Waals surface area contributed by atoms with Crippen LogP contribution in [0.1, 0.15) is 39.5 Å². The average Bonchev–Trinajstić information content (AvgIpc) is 2.15. The molecular formula is C11H28O4SiTi. The van der Waals surface area contributed by atoms with Gasteiger partial charge < -0.3 is 0 Å². The van der Waals surface area contributed by atoms with Gasteiger partial charge >= 0.3 is 112 Å². The quantitative estimate of drug-likeness (QED) is 0.497. The predicted molar refractivity (Wildman–Crippen MR) is 68.4 cm³/mol. The van der Waals surface area contributed by atoms with Crippen molar-refractivity contribution in [1.82, 2.24) is 0 Å². The molecule has 0 aliphatic rings. The van der Waals surface area contributed by atoms with Crippen molar-refractivity contribution in [2.24, 2.45) is 0 Å². The molecule has 0 bridgehead atoms. The third-order valence-corrected chi connectivity index (χ3v) is 8.72. The third-order valence-electron chi connectivity index (χ3n) is 2.00. The second-order valence-electron chi connectivity index (χ2n) is 5.14. The van der Waals surface area contributed by atoms with E-state index in [1.165, 1.54) is 0 Å². The molecule has 1 N–H and O–H groups in total. The fourth-order valence-corrected chi connectivity index (χ4v) is 7.63. The summed E-state index contributed by atoms with van der Waals surface area (Å²) in [6, 6.07) is 0. The normalized spacial score (nSPS) is 13.1. The Balaban J connectivity index is 4.24. The van der Waals surface area contributed by atoms with Gasteiger partial charge in [-0.2, -0.15) is 0 Å². The molecule has 0 amide bonds. The fourth-order valence-electron chi connectivity index (χ4n) is 1.18. The van der Waals surface area contributed by atoms with Gasteiger partial charge in [0, 0.05) is 0 Å². The summed E-state index contributed by atoms with van der Waals surface area (Å²) in [5, 5.41) is 0. The molecule has 0 radical (unpaired) electrons. The Hall–Kier alpha value is 0.771. The minimum atomic E-state index is -3.94. The van der Waals surface area contributed by atoms with Crippen molar-refractivity contribution in [2.45, 2.75) is 59.2 Å². The molecule has 0 saturated carbocycles. The SMILES string of the molecule is CCCC[O][Ti]([OH])([O]CCCC)[O][Si](C)(C)C. The van der Waals surface area contributed by atoms with E-state index < -0.39 is 26.5 Å². The Kier molecular flexibility index (Phi) is 9.20. The molecule has 104 valence electrons. The summed E-state index contributed by atoms with van der Waals surface area (Å²) < 4.78 is 27.2. The Morgan fingerprint density at radius 1 is 0.941 bits per heavy atom. The number of rotatable bonds is 10. The average molecular weight is 300 g/mol.